The Morgan fingerprint density at radius 1 is 1.11 bits per heavy atom. The molecular weight excluding hydrogens is 239 g/mol. The summed E-state index contributed by atoms with van der Waals surface area (Å²) in [5.41, 5.74) is 8.18. The van der Waals surface area contributed by atoms with Crippen LogP contribution in [0.5, 0.6) is 0 Å². The van der Waals surface area contributed by atoms with Crippen LogP contribution in [0.2, 0.25) is 0 Å². The van der Waals surface area contributed by atoms with Crippen LogP contribution in [0.1, 0.15) is 23.5 Å². The highest BCUT2D eigenvalue weighted by Crippen LogP contribution is 2.40. The van der Waals surface area contributed by atoms with Crippen LogP contribution in [-0.4, -0.2) is 6.04 Å². The first-order chi connectivity index (χ1) is 9.25. The van der Waals surface area contributed by atoms with E-state index in [1.807, 2.05) is 12.1 Å². The molecule has 1 aliphatic rings. The molecule has 3 heteroatoms. The van der Waals surface area contributed by atoms with Crippen LogP contribution in [0.15, 0.2) is 48.5 Å². The van der Waals surface area contributed by atoms with Gasteiger partial charge in [-0.15, -0.1) is 0 Å². The van der Waals surface area contributed by atoms with Crippen molar-refractivity contribution in [1.29, 1.82) is 0 Å². The maximum absolute atomic E-state index is 13.3. The van der Waals surface area contributed by atoms with Gasteiger partial charge in [0.05, 0.1) is 5.69 Å². The Morgan fingerprint density at radius 2 is 1.89 bits per heavy atom. The molecule has 0 aromatic heterocycles. The number of anilines is 1. The molecule has 1 aliphatic carbocycles. The van der Waals surface area contributed by atoms with Crippen molar-refractivity contribution in [3.05, 3.63) is 65.5 Å². The Kier molecular flexibility index (Phi) is 3.22. The first-order valence-electron chi connectivity index (χ1n) is 6.57. The van der Waals surface area contributed by atoms with Gasteiger partial charge in [-0.25, -0.2) is 4.39 Å². The molecule has 0 aliphatic heterocycles. The minimum atomic E-state index is -0.338. The van der Waals surface area contributed by atoms with Crippen molar-refractivity contribution in [3.63, 3.8) is 0 Å². The van der Waals surface area contributed by atoms with E-state index < -0.39 is 0 Å². The molecule has 2 nitrogen and oxygen atoms in total. The Morgan fingerprint density at radius 3 is 2.68 bits per heavy atom. The number of rotatable bonds is 4. The van der Waals surface area contributed by atoms with Crippen LogP contribution in [0, 0.1) is 5.82 Å². The number of para-hydroxylation sites is 1. The Labute approximate surface area is 112 Å². The van der Waals surface area contributed by atoms with Crippen LogP contribution in [0.25, 0.3) is 0 Å². The summed E-state index contributed by atoms with van der Waals surface area (Å²) >= 11 is 0. The quantitative estimate of drug-likeness (QED) is 0.825. The van der Waals surface area contributed by atoms with Crippen LogP contribution in [0.4, 0.5) is 10.1 Å². The van der Waals surface area contributed by atoms with E-state index in [-0.39, 0.29) is 11.5 Å². The maximum atomic E-state index is 13.3. The van der Waals surface area contributed by atoms with Crippen LogP contribution in [0.3, 0.4) is 0 Å². The number of hydrogen-bond acceptors (Lipinski definition) is 2. The third-order valence-electron chi connectivity index (χ3n) is 3.72. The average molecular weight is 256 g/mol. The molecule has 2 aromatic rings. The molecule has 0 heterocycles. The number of nitrogens with two attached hydrogens (primary N) is 1. The molecule has 1 saturated carbocycles. The van der Waals surface area contributed by atoms with Gasteiger partial charge < -0.3 is 11.1 Å². The zero-order chi connectivity index (χ0) is 13.2. The summed E-state index contributed by atoms with van der Waals surface area (Å²) in [6, 6.07) is 15.9. The lowest BCUT2D eigenvalue weighted by Crippen LogP contribution is -2.18. The first kappa shape index (κ1) is 12.2. The molecule has 0 bridgehead atoms. The van der Waals surface area contributed by atoms with E-state index >= 15 is 0 Å². The summed E-state index contributed by atoms with van der Waals surface area (Å²) in [6.45, 7) is 0.623. The summed E-state index contributed by atoms with van der Waals surface area (Å²) in [5.74, 6) is 0.241. The van der Waals surface area contributed by atoms with E-state index in [9.17, 15) is 4.39 Å². The highest BCUT2D eigenvalue weighted by molar-refractivity contribution is 5.47. The predicted molar refractivity (Wildman–Crippen MR) is 75.2 cm³/mol. The first-order valence-corrected chi connectivity index (χ1v) is 6.57. The van der Waals surface area contributed by atoms with Crippen LogP contribution >= 0.6 is 0 Å². The predicted octanol–water partition coefficient (Wildman–Crippen LogP) is 3.05. The fourth-order valence-electron chi connectivity index (χ4n) is 2.47. The fourth-order valence-corrected chi connectivity index (χ4v) is 2.47. The highest BCUT2D eigenvalue weighted by atomic mass is 19.1. The smallest absolute Gasteiger partial charge is 0.146 e. The summed E-state index contributed by atoms with van der Waals surface area (Å²) in [5, 5.41) is 3.44. The number of nitrogen functional groups attached to an aromatic ring is 1. The van der Waals surface area contributed by atoms with Gasteiger partial charge in [-0.2, -0.15) is 0 Å². The van der Waals surface area contributed by atoms with E-state index in [0.29, 0.717) is 18.5 Å². The summed E-state index contributed by atoms with van der Waals surface area (Å²) in [7, 11) is 0. The van der Waals surface area contributed by atoms with Crippen molar-refractivity contribution in [2.24, 2.45) is 0 Å². The summed E-state index contributed by atoms with van der Waals surface area (Å²) in [4.78, 5) is 0. The Bertz CT molecular complexity index is 568. The van der Waals surface area contributed by atoms with Gasteiger partial charge in [-0.3, -0.25) is 0 Å². The fraction of sp³-hybridized carbons (Fsp3) is 0.250. The second kappa shape index (κ2) is 5.02. The largest absolute Gasteiger partial charge is 0.396 e. The van der Waals surface area contributed by atoms with Gasteiger partial charge in [0.1, 0.15) is 5.82 Å². The van der Waals surface area contributed by atoms with Gasteiger partial charge in [0, 0.05) is 18.5 Å². The monoisotopic (exact) mass is 256 g/mol. The maximum Gasteiger partial charge on any atom is 0.146 e. The third kappa shape index (κ3) is 2.61. The Balaban J connectivity index is 1.59. The molecule has 2 unspecified atom stereocenters. The number of nitrogens with one attached hydrogen (secondary N) is 1. The lowest BCUT2D eigenvalue weighted by molar-refractivity contribution is 0.624. The van der Waals surface area contributed by atoms with Gasteiger partial charge in [0.2, 0.25) is 0 Å². The molecule has 0 spiro atoms. The standard InChI is InChI=1S/C16H17FN2/c17-14-8-4-7-12(16(14)18)10-19-15-9-13(15)11-5-2-1-3-6-11/h1-8,13,15,19H,9-10,18H2. The normalized spacial score (nSPS) is 21.3. The molecule has 2 aromatic carbocycles. The second-order valence-electron chi connectivity index (χ2n) is 5.05. The minimum Gasteiger partial charge on any atom is -0.396 e. The van der Waals surface area contributed by atoms with E-state index in [0.717, 1.165) is 12.0 Å². The van der Waals surface area contributed by atoms with Gasteiger partial charge in [-0.1, -0.05) is 42.5 Å². The Hall–Kier alpha value is -1.87. The third-order valence-corrected chi connectivity index (χ3v) is 3.72. The molecule has 3 rings (SSSR count). The molecule has 3 N–H and O–H groups in total. The number of hydrogen-bond donors (Lipinski definition) is 2. The summed E-state index contributed by atoms with van der Waals surface area (Å²) in [6.07, 6.45) is 1.14. The van der Waals surface area contributed by atoms with Crippen molar-refractivity contribution in [2.45, 2.75) is 24.9 Å². The van der Waals surface area contributed by atoms with Crippen molar-refractivity contribution in [1.82, 2.24) is 5.32 Å². The highest BCUT2D eigenvalue weighted by Gasteiger charge is 2.37. The van der Waals surface area contributed by atoms with Gasteiger partial charge >= 0.3 is 0 Å². The van der Waals surface area contributed by atoms with E-state index in [1.54, 1.807) is 6.07 Å². The molecule has 19 heavy (non-hydrogen) atoms. The van der Waals surface area contributed by atoms with Gasteiger partial charge in [-0.05, 0) is 23.6 Å². The van der Waals surface area contributed by atoms with Crippen molar-refractivity contribution in [2.75, 3.05) is 5.73 Å². The van der Waals surface area contributed by atoms with Crippen molar-refractivity contribution < 1.29 is 4.39 Å². The van der Waals surface area contributed by atoms with Crippen LogP contribution < -0.4 is 11.1 Å². The molecule has 0 saturated heterocycles. The molecule has 0 amide bonds. The lowest BCUT2D eigenvalue weighted by Gasteiger charge is -2.08. The zero-order valence-electron chi connectivity index (χ0n) is 10.6. The number of benzene rings is 2. The topological polar surface area (TPSA) is 38.0 Å². The summed E-state index contributed by atoms with van der Waals surface area (Å²) < 4.78 is 13.3. The number of halogens is 1. The van der Waals surface area contributed by atoms with E-state index in [1.165, 1.54) is 11.6 Å². The van der Waals surface area contributed by atoms with Crippen LogP contribution in [-0.2, 0) is 6.54 Å². The van der Waals surface area contributed by atoms with Gasteiger partial charge in [0.15, 0.2) is 0 Å². The van der Waals surface area contributed by atoms with E-state index in [2.05, 4.69) is 29.6 Å². The average Bonchev–Trinajstić information content (AvgIpc) is 3.21. The van der Waals surface area contributed by atoms with Gasteiger partial charge in [0.25, 0.3) is 0 Å². The minimum absolute atomic E-state index is 0.256. The molecule has 1 fully saturated rings. The van der Waals surface area contributed by atoms with Crippen molar-refractivity contribution >= 4 is 5.69 Å². The molecule has 98 valence electrons. The zero-order valence-corrected chi connectivity index (χ0v) is 10.6. The molecular formula is C16H17FN2. The van der Waals surface area contributed by atoms with E-state index in [4.69, 9.17) is 5.73 Å². The molecule has 0 radical (unpaired) electrons. The molecule has 2 atom stereocenters. The lowest BCUT2D eigenvalue weighted by atomic mass is 10.1. The van der Waals surface area contributed by atoms with Crippen molar-refractivity contribution in [3.8, 4) is 0 Å². The second-order valence-corrected chi connectivity index (χ2v) is 5.05. The SMILES string of the molecule is Nc1c(F)cccc1CNC1CC1c1ccccc1.